The third-order valence-corrected chi connectivity index (χ3v) is 9.72. The Labute approximate surface area is 234 Å². The van der Waals surface area contributed by atoms with Gasteiger partial charge in [-0.2, -0.15) is 0 Å². The number of methoxy groups -OCH3 is 1. The number of esters is 1. The van der Waals surface area contributed by atoms with Crippen LogP contribution >= 0.6 is 0 Å². The summed E-state index contributed by atoms with van der Waals surface area (Å²) in [7, 11) is 1.47. The smallest absolute Gasteiger partial charge is 0.337 e. The van der Waals surface area contributed by atoms with Crippen LogP contribution in [0.3, 0.4) is 0 Å². The molecule has 0 spiro atoms. The number of anilines is 1. The van der Waals surface area contributed by atoms with E-state index in [1.54, 1.807) is 0 Å². The molecule has 208 valence electrons. The number of ether oxygens (including phenoxy) is 1. The lowest BCUT2D eigenvalue weighted by molar-refractivity contribution is 0.0601. The summed E-state index contributed by atoms with van der Waals surface area (Å²) in [6.07, 6.45) is 9.03. The van der Waals surface area contributed by atoms with Gasteiger partial charge in [0.05, 0.1) is 18.4 Å². The molecule has 1 unspecified atom stereocenters. The predicted molar refractivity (Wildman–Crippen MR) is 161 cm³/mol. The van der Waals surface area contributed by atoms with Crippen LogP contribution in [0.5, 0.6) is 0 Å². The van der Waals surface area contributed by atoms with Gasteiger partial charge in [-0.15, -0.1) is 0 Å². The number of hydrogen-bond donors (Lipinski definition) is 0. The molecule has 0 amide bonds. The minimum atomic E-state index is -0.260. The largest absolute Gasteiger partial charge is 0.465 e. The Hall–Kier alpha value is -2.79. The van der Waals surface area contributed by atoms with Crippen molar-refractivity contribution >= 4 is 22.6 Å². The highest BCUT2D eigenvalue weighted by Gasteiger charge is 2.32. The van der Waals surface area contributed by atoms with Crippen molar-refractivity contribution in [2.24, 2.45) is 5.92 Å². The van der Waals surface area contributed by atoms with E-state index in [0.717, 1.165) is 25.6 Å². The van der Waals surface area contributed by atoms with Crippen LogP contribution in [-0.2, 0) is 11.3 Å². The summed E-state index contributed by atoms with van der Waals surface area (Å²) in [5, 5.41) is 1.32. The van der Waals surface area contributed by atoms with Gasteiger partial charge in [0.25, 0.3) is 0 Å². The number of carbonyl (C=O) groups excluding carboxylic acids is 1. The van der Waals surface area contributed by atoms with Crippen molar-refractivity contribution in [3.63, 3.8) is 0 Å². The first kappa shape index (κ1) is 26.4. The van der Waals surface area contributed by atoms with Crippen LogP contribution in [0.15, 0.2) is 36.4 Å². The van der Waals surface area contributed by atoms with E-state index in [-0.39, 0.29) is 5.97 Å². The Morgan fingerprint density at radius 3 is 2.59 bits per heavy atom. The quantitative estimate of drug-likeness (QED) is 0.313. The zero-order valence-electron chi connectivity index (χ0n) is 24.3. The molecule has 3 aromatic rings. The molecule has 39 heavy (non-hydrogen) atoms. The van der Waals surface area contributed by atoms with Crippen LogP contribution in [0.1, 0.15) is 86.2 Å². The Bertz CT molecular complexity index is 1350. The molecule has 2 aromatic carbocycles. The zero-order valence-corrected chi connectivity index (χ0v) is 24.3. The van der Waals surface area contributed by atoms with Crippen LogP contribution in [0.25, 0.3) is 22.2 Å². The van der Waals surface area contributed by atoms with Crippen molar-refractivity contribution in [3.05, 3.63) is 53.1 Å². The number of hydrogen-bond acceptors (Lipinski definition) is 4. The third kappa shape index (κ3) is 4.99. The molecule has 1 atom stereocenters. The number of fused-ring (bicyclic) bond motifs is 5. The van der Waals surface area contributed by atoms with Gasteiger partial charge in [-0.25, -0.2) is 4.79 Å². The second kappa shape index (κ2) is 11.0. The van der Waals surface area contributed by atoms with E-state index < -0.39 is 0 Å². The molecule has 1 aliphatic carbocycles. The highest BCUT2D eigenvalue weighted by atomic mass is 16.5. The van der Waals surface area contributed by atoms with E-state index in [2.05, 4.69) is 65.5 Å². The third-order valence-electron chi connectivity index (χ3n) is 9.72. The molecule has 1 aromatic heterocycles. The number of aryl methyl sites for hydroxylation is 1. The first-order chi connectivity index (χ1) is 18.9. The van der Waals surface area contributed by atoms with Crippen LogP contribution < -0.4 is 4.90 Å². The van der Waals surface area contributed by atoms with Crippen LogP contribution in [0.4, 0.5) is 5.69 Å². The van der Waals surface area contributed by atoms with E-state index >= 15 is 0 Å². The van der Waals surface area contributed by atoms with Crippen LogP contribution in [-0.4, -0.2) is 54.8 Å². The number of benzene rings is 2. The van der Waals surface area contributed by atoms with Gasteiger partial charge in [-0.05, 0) is 101 Å². The SMILES string of the molecule is COC(=O)c1ccc2c(C3CCCC3)c3n(c2c1)CCN(CCC1CCCN(C(C)C)C1)c1cc(C)ccc1-3. The fourth-order valence-corrected chi connectivity index (χ4v) is 7.59. The molecule has 0 radical (unpaired) electrons. The maximum atomic E-state index is 12.5. The molecule has 5 heteroatoms. The Morgan fingerprint density at radius 2 is 1.82 bits per heavy atom. The molecular weight excluding hydrogens is 482 g/mol. The summed E-state index contributed by atoms with van der Waals surface area (Å²) in [5.74, 6) is 1.09. The second-order valence-corrected chi connectivity index (χ2v) is 12.5. The molecule has 2 aliphatic heterocycles. The molecular formula is C34H45N3O2. The highest BCUT2D eigenvalue weighted by molar-refractivity contribution is 6.00. The minimum absolute atomic E-state index is 0.260. The maximum Gasteiger partial charge on any atom is 0.337 e. The standard InChI is InChI=1S/C34H45N3O2/c1-23(2)36-16-7-8-25(22-36)15-17-35-18-19-37-31-21-27(34(38)39-4)12-14-28(31)32(26-9-5-6-10-26)33(37)29-13-11-24(3)20-30(29)35/h11-14,20-21,23,25-26H,5-10,15-19,22H2,1-4H3. The van der Waals surface area contributed by atoms with E-state index in [9.17, 15) is 4.79 Å². The van der Waals surface area contributed by atoms with Crippen LogP contribution in [0, 0.1) is 12.8 Å². The van der Waals surface area contributed by atoms with Crippen molar-refractivity contribution < 1.29 is 9.53 Å². The Balaban J connectivity index is 1.41. The van der Waals surface area contributed by atoms with Crippen molar-refractivity contribution in [2.75, 3.05) is 38.2 Å². The lowest BCUT2D eigenvalue weighted by Gasteiger charge is -2.36. The summed E-state index contributed by atoms with van der Waals surface area (Å²) in [6.45, 7) is 12.4. The van der Waals surface area contributed by atoms with Crippen molar-refractivity contribution in [1.29, 1.82) is 0 Å². The van der Waals surface area contributed by atoms with E-state index in [1.165, 1.54) is 104 Å². The van der Waals surface area contributed by atoms with E-state index in [0.29, 0.717) is 17.5 Å². The summed E-state index contributed by atoms with van der Waals surface area (Å²) >= 11 is 0. The zero-order chi connectivity index (χ0) is 27.1. The molecule has 2 fully saturated rings. The van der Waals surface area contributed by atoms with Gasteiger partial charge in [0.15, 0.2) is 0 Å². The minimum Gasteiger partial charge on any atom is -0.465 e. The van der Waals surface area contributed by atoms with Crippen LogP contribution in [0.2, 0.25) is 0 Å². The van der Waals surface area contributed by atoms with Gasteiger partial charge in [0.2, 0.25) is 0 Å². The lowest BCUT2D eigenvalue weighted by atomic mass is 9.90. The molecule has 3 heterocycles. The number of aromatic nitrogens is 1. The number of carbonyl (C=O) groups is 1. The maximum absolute atomic E-state index is 12.5. The van der Waals surface area contributed by atoms with Gasteiger partial charge in [0.1, 0.15) is 0 Å². The molecule has 0 N–H and O–H groups in total. The van der Waals surface area contributed by atoms with Crippen molar-refractivity contribution in [2.45, 2.75) is 84.2 Å². The summed E-state index contributed by atoms with van der Waals surface area (Å²) in [6, 6.07) is 13.9. The van der Waals surface area contributed by atoms with Gasteiger partial charge < -0.3 is 19.1 Å². The summed E-state index contributed by atoms with van der Waals surface area (Å²) in [4.78, 5) is 17.8. The van der Waals surface area contributed by atoms with Gasteiger partial charge in [-0.1, -0.05) is 31.0 Å². The number of likely N-dealkylation sites (tertiary alicyclic amines) is 1. The van der Waals surface area contributed by atoms with Crippen molar-refractivity contribution in [1.82, 2.24) is 9.47 Å². The fraction of sp³-hybridized carbons (Fsp3) is 0.559. The Kier molecular flexibility index (Phi) is 7.45. The average Bonchev–Trinajstić information content (AvgIpc) is 3.55. The topological polar surface area (TPSA) is 37.7 Å². The van der Waals surface area contributed by atoms with Crippen molar-refractivity contribution in [3.8, 4) is 11.3 Å². The second-order valence-electron chi connectivity index (χ2n) is 12.5. The lowest BCUT2D eigenvalue weighted by Crippen LogP contribution is -2.41. The first-order valence-electron chi connectivity index (χ1n) is 15.3. The number of piperidine rings is 1. The van der Waals surface area contributed by atoms with Gasteiger partial charge in [0, 0.05) is 54.4 Å². The predicted octanol–water partition coefficient (Wildman–Crippen LogP) is 7.39. The highest BCUT2D eigenvalue weighted by Crippen LogP contribution is 2.48. The van der Waals surface area contributed by atoms with E-state index in [1.807, 2.05) is 6.07 Å². The summed E-state index contributed by atoms with van der Waals surface area (Å²) < 4.78 is 7.63. The summed E-state index contributed by atoms with van der Waals surface area (Å²) in [5.41, 5.74) is 8.79. The molecule has 1 saturated carbocycles. The molecule has 6 rings (SSSR count). The Morgan fingerprint density at radius 1 is 1.00 bits per heavy atom. The molecule has 5 nitrogen and oxygen atoms in total. The monoisotopic (exact) mass is 527 g/mol. The normalized spacial score (nSPS) is 20.3. The molecule has 0 bridgehead atoms. The van der Waals surface area contributed by atoms with Gasteiger partial charge in [-0.3, -0.25) is 0 Å². The fourth-order valence-electron chi connectivity index (χ4n) is 7.59. The molecule has 3 aliphatic rings. The van der Waals surface area contributed by atoms with E-state index in [4.69, 9.17) is 4.74 Å². The first-order valence-corrected chi connectivity index (χ1v) is 15.3. The number of rotatable bonds is 6. The van der Waals surface area contributed by atoms with Gasteiger partial charge >= 0.3 is 5.97 Å². The average molecular weight is 528 g/mol. The number of nitrogens with zero attached hydrogens (tertiary/aromatic N) is 3. The molecule has 1 saturated heterocycles.